The molecule has 0 unspecified atom stereocenters. The lowest BCUT2D eigenvalue weighted by Crippen LogP contribution is -2.31. The highest BCUT2D eigenvalue weighted by atomic mass is 19.1. The summed E-state index contributed by atoms with van der Waals surface area (Å²) in [6.07, 6.45) is 1.31. The Balaban J connectivity index is 1.88. The van der Waals surface area contributed by atoms with Crippen LogP contribution in [0.1, 0.15) is 29.7 Å². The van der Waals surface area contributed by atoms with Crippen LogP contribution in [0.4, 0.5) is 8.78 Å². The Kier molecular flexibility index (Phi) is 5.39. The van der Waals surface area contributed by atoms with Crippen molar-refractivity contribution >= 4 is 16.8 Å². The molecule has 3 rings (SSSR count). The maximum absolute atomic E-state index is 13.9. The minimum Gasteiger partial charge on any atom is -0.480 e. The van der Waals surface area contributed by atoms with Crippen molar-refractivity contribution in [3.8, 4) is 5.88 Å². The number of benzene rings is 1. The quantitative estimate of drug-likeness (QED) is 0.705. The topological polar surface area (TPSA) is 84.1 Å². The lowest BCUT2D eigenvalue weighted by atomic mass is 10.0. The monoisotopic (exact) mass is 387 g/mol. The molecule has 0 saturated heterocycles. The molecule has 0 fully saturated rings. The number of carbonyl (C=O) groups excluding carboxylic acids is 1. The van der Waals surface area contributed by atoms with Crippen LogP contribution in [0.5, 0.6) is 5.88 Å². The van der Waals surface area contributed by atoms with Crippen LogP contribution in [0.3, 0.4) is 0 Å². The minimum atomic E-state index is -0.747. The molecular weight excluding hydrogens is 368 g/mol. The van der Waals surface area contributed by atoms with Gasteiger partial charge in [-0.1, -0.05) is 6.07 Å². The number of hydrogen-bond acceptors (Lipinski definition) is 4. The highest BCUT2D eigenvalue weighted by Gasteiger charge is 2.19. The third kappa shape index (κ3) is 3.71. The second-order valence-electron chi connectivity index (χ2n) is 6.43. The molecule has 0 aliphatic rings. The first-order valence-corrected chi connectivity index (χ1v) is 8.60. The van der Waals surface area contributed by atoms with E-state index in [4.69, 9.17) is 4.74 Å². The van der Waals surface area contributed by atoms with Gasteiger partial charge in [-0.05, 0) is 31.5 Å². The van der Waals surface area contributed by atoms with Gasteiger partial charge in [-0.15, -0.1) is 0 Å². The number of halogens is 2. The van der Waals surface area contributed by atoms with Crippen molar-refractivity contribution in [2.75, 3.05) is 7.11 Å². The fraction of sp³-hybridized carbons (Fsp3) is 0.250. The van der Waals surface area contributed by atoms with Gasteiger partial charge >= 0.3 is 0 Å². The van der Waals surface area contributed by atoms with Gasteiger partial charge in [0.1, 0.15) is 11.6 Å². The molecule has 2 heterocycles. The van der Waals surface area contributed by atoms with Crippen LogP contribution in [0.2, 0.25) is 0 Å². The number of methoxy groups -OCH3 is 1. The van der Waals surface area contributed by atoms with Gasteiger partial charge in [0, 0.05) is 23.4 Å². The Morgan fingerprint density at radius 2 is 2.07 bits per heavy atom. The van der Waals surface area contributed by atoms with Gasteiger partial charge in [-0.3, -0.25) is 9.59 Å². The summed E-state index contributed by atoms with van der Waals surface area (Å²) in [6, 6.07) is 4.12. The summed E-state index contributed by atoms with van der Waals surface area (Å²) in [5, 5.41) is 3.25. The van der Waals surface area contributed by atoms with Crippen LogP contribution in [-0.2, 0) is 11.2 Å². The third-order valence-electron chi connectivity index (χ3n) is 4.60. The molecule has 28 heavy (non-hydrogen) atoms. The van der Waals surface area contributed by atoms with E-state index >= 15 is 0 Å². The lowest BCUT2D eigenvalue weighted by Gasteiger charge is -2.16. The normalized spacial score (nSPS) is 12.0. The van der Waals surface area contributed by atoms with Crippen LogP contribution in [0.25, 0.3) is 10.9 Å². The number of H-pyrrole nitrogens is 1. The van der Waals surface area contributed by atoms with Crippen LogP contribution in [0.15, 0.2) is 35.3 Å². The van der Waals surface area contributed by atoms with Gasteiger partial charge in [0.25, 0.3) is 5.56 Å². The van der Waals surface area contributed by atoms with E-state index in [1.165, 1.54) is 19.4 Å². The minimum absolute atomic E-state index is 0.157. The fourth-order valence-electron chi connectivity index (χ4n) is 3.18. The van der Waals surface area contributed by atoms with Crippen LogP contribution < -0.4 is 15.6 Å². The zero-order valence-electron chi connectivity index (χ0n) is 15.6. The standard InChI is InChI=1S/C20H19F2N3O3/c1-10-14(19(27)25-16-6-7-23-20(28-3)18(10)16)9-17(26)24-11(2)13-5-4-12(21)8-15(13)22/h4-8,11H,9H2,1-3H3,(H,24,26)(H,25,27)/t11-/m0/s1. The van der Waals surface area contributed by atoms with Crippen LogP contribution in [0, 0.1) is 18.6 Å². The first-order chi connectivity index (χ1) is 13.3. The summed E-state index contributed by atoms with van der Waals surface area (Å²) in [6.45, 7) is 3.30. The van der Waals surface area contributed by atoms with Gasteiger partial charge in [0.15, 0.2) is 0 Å². The highest BCUT2D eigenvalue weighted by Crippen LogP contribution is 2.26. The molecule has 3 aromatic rings. The number of aromatic amines is 1. The molecule has 8 heteroatoms. The fourth-order valence-corrected chi connectivity index (χ4v) is 3.18. The maximum Gasteiger partial charge on any atom is 0.252 e. The number of hydrogen-bond donors (Lipinski definition) is 2. The van der Waals surface area contributed by atoms with E-state index in [9.17, 15) is 18.4 Å². The average Bonchev–Trinajstić information content (AvgIpc) is 2.64. The van der Waals surface area contributed by atoms with Gasteiger partial charge in [-0.25, -0.2) is 13.8 Å². The smallest absolute Gasteiger partial charge is 0.252 e. The number of ether oxygens (including phenoxy) is 1. The van der Waals surface area contributed by atoms with Gasteiger partial charge in [0.2, 0.25) is 11.8 Å². The summed E-state index contributed by atoms with van der Waals surface area (Å²) in [7, 11) is 1.47. The molecule has 2 aromatic heterocycles. The predicted octanol–water partition coefficient (Wildman–Crippen LogP) is 2.94. The lowest BCUT2D eigenvalue weighted by molar-refractivity contribution is -0.121. The van der Waals surface area contributed by atoms with Crippen molar-refractivity contribution in [2.24, 2.45) is 0 Å². The second kappa shape index (κ2) is 7.75. The molecule has 6 nitrogen and oxygen atoms in total. The number of amides is 1. The SMILES string of the molecule is COc1nccc2[nH]c(=O)c(CC(=O)N[C@@H](C)c3ccc(F)cc3F)c(C)c12. The van der Waals surface area contributed by atoms with Crippen molar-refractivity contribution in [3.05, 3.63) is 69.1 Å². The van der Waals surface area contributed by atoms with E-state index in [-0.39, 0.29) is 17.5 Å². The van der Waals surface area contributed by atoms with E-state index in [1.54, 1.807) is 19.9 Å². The number of nitrogens with one attached hydrogen (secondary N) is 2. The number of rotatable bonds is 5. The highest BCUT2D eigenvalue weighted by molar-refractivity contribution is 5.89. The molecule has 1 amide bonds. The van der Waals surface area contributed by atoms with E-state index < -0.39 is 29.1 Å². The van der Waals surface area contributed by atoms with Crippen LogP contribution in [-0.4, -0.2) is 23.0 Å². The van der Waals surface area contributed by atoms with Crippen molar-refractivity contribution < 1.29 is 18.3 Å². The first kappa shape index (κ1) is 19.5. The van der Waals surface area contributed by atoms with Gasteiger partial charge < -0.3 is 15.0 Å². The number of nitrogens with zero attached hydrogens (tertiary/aromatic N) is 1. The van der Waals surface area contributed by atoms with Crippen molar-refractivity contribution in [2.45, 2.75) is 26.3 Å². The Bertz CT molecular complexity index is 1110. The Labute approximate surface area is 159 Å². The van der Waals surface area contributed by atoms with Gasteiger partial charge in [-0.2, -0.15) is 0 Å². The Hall–Kier alpha value is -3.29. The summed E-state index contributed by atoms with van der Waals surface area (Å²) < 4.78 is 32.2. The van der Waals surface area contributed by atoms with Crippen LogP contribution >= 0.6 is 0 Å². The summed E-state index contributed by atoms with van der Waals surface area (Å²) in [5.41, 5.74) is 1.17. The molecule has 0 spiro atoms. The third-order valence-corrected chi connectivity index (χ3v) is 4.60. The van der Waals surface area contributed by atoms with E-state index in [1.807, 2.05) is 0 Å². The van der Waals surface area contributed by atoms with Crippen molar-refractivity contribution in [3.63, 3.8) is 0 Å². The van der Waals surface area contributed by atoms with E-state index in [2.05, 4.69) is 15.3 Å². The number of carbonyl (C=O) groups is 1. The average molecular weight is 387 g/mol. The molecule has 0 radical (unpaired) electrons. The Morgan fingerprint density at radius 1 is 1.32 bits per heavy atom. The zero-order valence-corrected chi connectivity index (χ0v) is 15.6. The van der Waals surface area contributed by atoms with E-state index in [0.717, 1.165) is 12.1 Å². The second-order valence-corrected chi connectivity index (χ2v) is 6.43. The summed E-state index contributed by atoms with van der Waals surface area (Å²) >= 11 is 0. The zero-order chi connectivity index (χ0) is 20.4. The molecule has 1 atom stereocenters. The maximum atomic E-state index is 13.9. The molecule has 146 valence electrons. The van der Waals surface area contributed by atoms with Crippen molar-refractivity contribution in [1.29, 1.82) is 0 Å². The molecule has 0 aliphatic carbocycles. The molecular formula is C20H19F2N3O3. The molecule has 0 bridgehead atoms. The molecule has 0 aliphatic heterocycles. The van der Waals surface area contributed by atoms with Gasteiger partial charge in [0.05, 0.1) is 30.5 Å². The largest absolute Gasteiger partial charge is 0.480 e. The summed E-state index contributed by atoms with van der Waals surface area (Å²) in [4.78, 5) is 31.7. The number of aryl methyl sites for hydroxylation is 1. The number of pyridine rings is 2. The molecule has 2 N–H and O–H groups in total. The first-order valence-electron chi connectivity index (χ1n) is 8.60. The number of fused-ring (bicyclic) bond motifs is 1. The predicted molar refractivity (Wildman–Crippen MR) is 100 cm³/mol. The summed E-state index contributed by atoms with van der Waals surface area (Å²) in [5.74, 6) is -1.56. The Morgan fingerprint density at radius 3 is 2.75 bits per heavy atom. The molecule has 1 aromatic carbocycles. The molecule has 0 saturated carbocycles. The number of aromatic nitrogens is 2. The van der Waals surface area contributed by atoms with Crippen molar-refractivity contribution in [1.82, 2.24) is 15.3 Å². The van der Waals surface area contributed by atoms with E-state index in [0.29, 0.717) is 22.3 Å².